The minimum Gasteiger partial charge on any atom is -0.444 e. The molecule has 0 spiro atoms. The molecule has 0 bridgehead atoms. The van der Waals surface area contributed by atoms with Crippen LogP contribution in [0.5, 0.6) is 0 Å². The number of carbonyl (C=O) groups excluding carboxylic acids is 3. The maximum atomic E-state index is 13.0. The van der Waals surface area contributed by atoms with E-state index in [0.29, 0.717) is 0 Å². The van der Waals surface area contributed by atoms with Gasteiger partial charge in [-0.3, -0.25) is 15.0 Å². The normalized spacial score (nSPS) is 13.6. The Kier molecular flexibility index (Phi) is 7.44. The smallest absolute Gasteiger partial charge is 0.408 e. The van der Waals surface area contributed by atoms with Crippen molar-refractivity contribution in [2.75, 3.05) is 0 Å². The summed E-state index contributed by atoms with van der Waals surface area (Å²) in [6.45, 7) is 8.79. The zero-order valence-corrected chi connectivity index (χ0v) is 18.0. The van der Waals surface area contributed by atoms with Crippen molar-refractivity contribution in [2.45, 2.75) is 58.7 Å². The van der Waals surface area contributed by atoms with Gasteiger partial charge >= 0.3 is 6.09 Å². The number of H-pyrrole nitrogens is 1. The minimum absolute atomic E-state index is 0.201. The molecule has 1 aromatic carbocycles. The molecule has 2 atom stereocenters. The fourth-order valence-corrected chi connectivity index (χ4v) is 3.06. The van der Waals surface area contributed by atoms with E-state index in [0.717, 1.165) is 16.5 Å². The van der Waals surface area contributed by atoms with E-state index in [1.54, 1.807) is 40.8 Å². The zero-order valence-electron chi connectivity index (χ0n) is 18.0. The van der Waals surface area contributed by atoms with Gasteiger partial charge in [0.25, 0.3) is 5.91 Å². The Balaban J connectivity index is 2.26. The first kappa shape index (κ1) is 23.2. The van der Waals surface area contributed by atoms with Crippen LogP contribution in [0.15, 0.2) is 30.5 Å². The number of aromatic nitrogens is 1. The van der Waals surface area contributed by atoms with Gasteiger partial charge in [-0.15, -0.1) is 0 Å². The first-order chi connectivity index (χ1) is 14.0. The third-order valence-corrected chi connectivity index (χ3v) is 4.50. The first-order valence-corrected chi connectivity index (χ1v) is 9.87. The second-order valence-corrected chi connectivity index (χ2v) is 8.50. The molecule has 0 aliphatic carbocycles. The lowest BCUT2D eigenvalue weighted by molar-refractivity contribution is -0.131. The second kappa shape index (κ2) is 9.62. The van der Waals surface area contributed by atoms with Crippen LogP contribution in [0.4, 0.5) is 4.79 Å². The molecule has 0 fully saturated rings. The Morgan fingerprint density at radius 3 is 2.37 bits per heavy atom. The molecular formula is C21H31N5O4. The van der Waals surface area contributed by atoms with Gasteiger partial charge in [0.15, 0.2) is 0 Å². The molecule has 30 heavy (non-hydrogen) atoms. The van der Waals surface area contributed by atoms with E-state index in [1.807, 2.05) is 24.3 Å². The second-order valence-electron chi connectivity index (χ2n) is 8.50. The lowest BCUT2D eigenvalue weighted by atomic mass is 10.0. The Morgan fingerprint density at radius 1 is 1.10 bits per heavy atom. The van der Waals surface area contributed by atoms with Gasteiger partial charge in [0.2, 0.25) is 5.91 Å². The highest BCUT2D eigenvalue weighted by Gasteiger charge is 2.30. The number of ether oxygens (including phenoxy) is 1. The number of para-hydroxylation sites is 1. The average molecular weight is 418 g/mol. The lowest BCUT2D eigenvalue weighted by Gasteiger charge is -2.26. The van der Waals surface area contributed by atoms with Crippen LogP contribution in [-0.2, 0) is 20.7 Å². The van der Waals surface area contributed by atoms with Gasteiger partial charge in [0, 0.05) is 23.5 Å². The number of amides is 3. The predicted octanol–water partition coefficient (Wildman–Crippen LogP) is 1.73. The molecule has 164 valence electrons. The number of benzene rings is 1. The van der Waals surface area contributed by atoms with Crippen LogP contribution in [-0.4, -0.2) is 40.6 Å². The fourth-order valence-electron chi connectivity index (χ4n) is 3.06. The number of hydrogen-bond acceptors (Lipinski definition) is 5. The summed E-state index contributed by atoms with van der Waals surface area (Å²) in [5, 5.41) is 6.26. The molecule has 0 aliphatic heterocycles. The summed E-state index contributed by atoms with van der Waals surface area (Å²) < 4.78 is 5.31. The summed E-state index contributed by atoms with van der Waals surface area (Å²) in [5.41, 5.74) is 3.12. The molecular weight excluding hydrogens is 386 g/mol. The Bertz CT molecular complexity index is 900. The average Bonchev–Trinajstić information content (AvgIpc) is 3.06. The van der Waals surface area contributed by atoms with E-state index >= 15 is 0 Å². The Hall–Kier alpha value is -3.07. The van der Waals surface area contributed by atoms with Crippen LogP contribution >= 0.6 is 0 Å². The summed E-state index contributed by atoms with van der Waals surface area (Å²) >= 11 is 0. The molecule has 2 aromatic rings. The molecule has 0 unspecified atom stereocenters. The summed E-state index contributed by atoms with van der Waals surface area (Å²) in [5.74, 6) is 4.02. The molecule has 6 N–H and O–H groups in total. The summed E-state index contributed by atoms with van der Waals surface area (Å²) in [7, 11) is 0. The van der Waals surface area contributed by atoms with Crippen LogP contribution in [0.2, 0.25) is 0 Å². The van der Waals surface area contributed by atoms with Crippen LogP contribution in [0.3, 0.4) is 0 Å². The Morgan fingerprint density at radius 2 is 1.77 bits per heavy atom. The summed E-state index contributed by atoms with van der Waals surface area (Å²) in [6.07, 6.45) is 1.30. The van der Waals surface area contributed by atoms with Gasteiger partial charge in [0.1, 0.15) is 17.7 Å². The third-order valence-electron chi connectivity index (χ3n) is 4.50. The van der Waals surface area contributed by atoms with Gasteiger partial charge in [-0.25, -0.2) is 10.6 Å². The van der Waals surface area contributed by atoms with E-state index in [4.69, 9.17) is 10.6 Å². The molecule has 1 heterocycles. The highest BCUT2D eigenvalue weighted by Crippen LogP contribution is 2.19. The van der Waals surface area contributed by atoms with E-state index < -0.39 is 35.6 Å². The Labute approximate surface area is 176 Å². The van der Waals surface area contributed by atoms with Crippen molar-refractivity contribution in [1.82, 2.24) is 21.0 Å². The number of hydrazine groups is 1. The van der Waals surface area contributed by atoms with Gasteiger partial charge < -0.3 is 20.4 Å². The van der Waals surface area contributed by atoms with Crippen molar-refractivity contribution in [3.05, 3.63) is 36.0 Å². The van der Waals surface area contributed by atoms with Gasteiger partial charge in [-0.05, 0) is 38.3 Å². The molecule has 3 amide bonds. The van der Waals surface area contributed by atoms with E-state index in [1.165, 1.54) is 0 Å². The van der Waals surface area contributed by atoms with E-state index in [2.05, 4.69) is 21.0 Å². The largest absolute Gasteiger partial charge is 0.444 e. The SMILES string of the molecule is CC(C)[C@H](NC(=O)[C@@H](Cc1c[nH]c2ccccc12)NC(=O)OC(C)(C)C)C(=O)NN. The number of rotatable bonds is 7. The number of fused-ring (bicyclic) bond motifs is 1. The topological polar surface area (TPSA) is 138 Å². The molecule has 9 nitrogen and oxygen atoms in total. The molecule has 0 radical (unpaired) electrons. The highest BCUT2D eigenvalue weighted by atomic mass is 16.6. The maximum Gasteiger partial charge on any atom is 0.408 e. The fraction of sp³-hybridized carbons (Fsp3) is 0.476. The van der Waals surface area contributed by atoms with Crippen LogP contribution in [0, 0.1) is 5.92 Å². The number of alkyl carbamates (subject to hydrolysis) is 1. The van der Waals surface area contributed by atoms with Crippen LogP contribution in [0.25, 0.3) is 10.9 Å². The molecule has 2 rings (SSSR count). The van der Waals surface area contributed by atoms with E-state index in [9.17, 15) is 14.4 Å². The number of aromatic amines is 1. The van der Waals surface area contributed by atoms with Gasteiger partial charge in [-0.1, -0.05) is 32.0 Å². The third kappa shape index (κ3) is 6.21. The van der Waals surface area contributed by atoms with Gasteiger partial charge in [-0.2, -0.15) is 0 Å². The number of carbonyl (C=O) groups is 3. The number of nitrogens with two attached hydrogens (primary N) is 1. The van der Waals surface area contributed by atoms with Crippen molar-refractivity contribution in [1.29, 1.82) is 0 Å². The van der Waals surface area contributed by atoms with E-state index in [-0.39, 0.29) is 12.3 Å². The molecule has 0 saturated heterocycles. The number of nitrogens with one attached hydrogen (secondary N) is 4. The number of hydrogen-bond donors (Lipinski definition) is 5. The van der Waals surface area contributed by atoms with Crippen molar-refractivity contribution < 1.29 is 19.1 Å². The highest BCUT2D eigenvalue weighted by molar-refractivity contribution is 5.92. The molecule has 0 saturated carbocycles. The van der Waals surface area contributed by atoms with Crippen molar-refractivity contribution in [3.8, 4) is 0 Å². The quantitative estimate of drug-likeness (QED) is 0.265. The van der Waals surface area contributed by atoms with Crippen LogP contribution < -0.4 is 21.9 Å². The predicted molar refractivity (Wildman–Crippen MR) is 114 cm³/mol. The summed E-state index contributed by atoms with van der Waals surface area (Å²) in [4.78, 5) is 40.6. The van der Waals surface area contributed by atoms with Crippen molar-refractivity contribution >= 4 is 28.8 Å². The summed E-state index contributed by atoms with van der Waals surface area (Å²) in [6, 6.07) is 5.87. The molecule has 1 aromatic heterocycles. The molecule has 9 heteroatoms. The standard InChI is InChI=1S/C21H31N5O4/c1-12(2)17(19(28)26-22)25-18(27)16(24-20(29)30-21(3,4)5)10-13-11-23-15-9-7-6-8-14(13)15/h6-9,11-12,16-17,23H,10,22H2,1-5H3,(H,24,29)(H,25,27)(H,26,28)/t16-,17+/m1/s1. The van der Waals surface area contributed by atoms with Crippen LogP contribution in [0.1, 0.15) is 40.2 Å². The lowest BCUT2D eigenvalue weighted by Crippen LogP contribution is -2.57. The molecule has 0 aliphatic rings. The zero-order chi connectivity index (χ0) is 22.5. The maximum absolute atomic E-state index is 13.0. The van der Waals surface area contributed by atoms with Crippen molar-refractivity contribution in [2.24, 2.45) is 11.8 Å². The first-order valence-electron chi connectivity index (χ1n) is 9.87. The van der Waals surface area contributed by atoms with Crippen molar-refractivity contribution in [3.63, 3.8) is 0 Å². The van der Waals surface area contributed by atoms with Gasteiger partial charge in [0.05, 0.1) is 0 Å². The monoisotopic (exact) mass is 417 g/mol. The minimum atomic E-state index is -0.953.